The average molecular weight is 370 g/mol. The van der Waals surface area contributed by atoms with Gasteiger partial charge in [-0.2, -0.15) is 0 Å². The quantitative estimate of drug-likeness (QED) is 0.817. The molecule has 0 saturated heterocycles. The summed E-state index contributed by atoms with van der Waals surface area (Å²) in [6, 6.07) is 9.98. The number of hydrogen-bond acceptors (Lipinski definition) is 4. The predicted octanol–water partition coefficient (Wildman–Crippen LogP) is 3.47. The molecule has 0 spiro atoms. The van der Waals surface area contributed by atoms with Crippen LogP contribution in [0.25, 0.3) is 0 Å². The number of nitrogens with one attached hydrogen (secondary N) is 1. The molecule has 0 heterocycles. The third-order valence-corrected chi connectivity index (χ3v) is 4.06. The Morgan fingerprint density at radius 3 is 2.29 bits per heavy atom. The zero-order valence-electron chi connectivity index (χ0n) is 13.2. The molecule has 1 unspecified atom stereocenters. The number of amides is 1. The van der Waals surface area contributed by atoms with Crippen LogP contribution in [-0.2, 0) is 0 Å². The second kappa shape index (κ2) is 8.24. The molecule has 2 N–H and O–H groups in total. The lowest BCUT2D eigenvalue weighted by molar-refractivity contribution is 0.0913. The number of aliphatic hydroxyl groups is 1. The van der Waals surface area contributed by atoms with Crippen LogP contribution in [0.1, 0.15) is 22.0 Å². The molecule has 0 aliphatic heterocycles. The summed E-state index contributed by atoms with van der Waals surface area (Å²) in [6.07, 6.45) is -0.871. The Balaban J connectivity index is 2.09. The Labute approximate surface area is 150 Å². The highest BCUT2D eigenvalue weighted by Crippen LogP contribution is 2.33. The molecule has 0 aromatic heterocycles. The van der Waals surface area contributed by atoms with Crippen molar-refractivity contribution >= 4 is 29.1 Å². The fourth-order valence-corrected chi connectivity index (χ4v) is 2.64. The zero-order valence-corrected chi connectivity index (χ0v) is 14.7. The largest absolute Gasteiger partial charge is 0.497 e. The van der Waals surface area contributed by atoms with Crippen LogP contribution in [-0.4, -0.2) is 31.8 Å². The molecule has 0 saturated carbocycles. The maximum atomic E-state index is 12.4. The van der Waals surface area contributed by atoms with Gasteiger partial charge in [0.2, 0.25) is 0 Å². The van der Waals surface area contributed by atoms with Crippen molar-refractivity contribution in [1.29, 1.82) is 0 Å². The van der Waals surface area contributed by atoms with Crippen molar-refractivity contribution < 1.29 is 19.4 Å². The third-order valence-electron chi connectivity index (χ3n) is 3.45. The van der Waals surface area contributed by atoms with Crippen LogP contribution >= 0.6 is 23.2 Å². The second-order valence-corrected chi connectivity index (χ2v) is 5.75. The van der Waals surface area contributed by atoms with Gasteiger partial charge in [-0.3, -0.25) is 4.79 Å². The van der Waals surface area contributed by atoms with Gasteiger partial charge in [0.15, 0.2) is 5.75 Å². The Morgan fingerprint density at radius 1 is 1.08 bits per heavy atom. The summed E-state index contributed by atoms with van der Waals surface area (Å²) in [7, 11) is 2.97. The van der Waals surface area contributed by atoms with Crippen LogP contribution in [0.3, 0.4) is 0 Å². The Hall–Kier alpha value is -1.95. The molecule has 24 heavy (non-hydrogen) atoms. The van der Waals surface area contributed by atoms with Crippen molar-refractivity contribution in [1.82, 2.24) is 5.32 Å². The van der Waals surface area contributed by atoms with E-state index in [1.807, 2.05) is 0 Å². The summed E-state index contributed by atoms with van der Waals surface area (Å²) in [5.74, 6) is 0.401. The summed E-state index contributed by atoms with van der Waals surface area (Å²) < 4.78 is 10.2. The van der Waals surface area contributed by atoms with Crippen molar-refractivity contribution in [2.45, 2.75) is 6.10 Å². The number of benzene rings is 2. The van der Waals surface area contributed by atoms with Crippen molar-refractivity contribution in [3.63, 3.8) is 0 Å². The van der Waals surface area contributed by atoms with E-state index in [1.165, 1.54) is 13.2 Å². The van der Waals surface area contributed by atoms with Crippen LogP contribution in [0.2, 0.25) is 10.0 Å². The highest BCUT2D eigenvalue weighted by molar-refractivity contribution is 6.37. The van der Waals surface area contributed by atoms with Crippen molar-refractivity contribution in [2.75, 3.05) is 20.8 Å². The summed E-state index contributed by atoms with van der Waals surface area (Å²) in [6.45, 7) is 0.0111. The van der Waals surface area contributed by atoms with E-state index in [1.54, 1.807) is 37.4 Å². The molecule has 0 aliphatic rings. The minimum absolute atomic E-state index is 0.0111. The van der Waals surface area contributed by atoms with Gasteiger partial charge in [0, 0.05) is 6.54 Å². The van der Waals surface area contributed by atoms with Gasteiger partial charge in [0.25, 0.3) is 5.91 Å². The van der Waals surface area contributed by atoms with Crippen molar-refractivity contribution in [2.24, 2.45) is 0 Å². The smallest absolute Gasteiger partial charge is 0.256 e. The number of carbonyl (C=O) groups excluding carboxylic acids is 1. The molecule has 2 aromatic rings. The van der Waals surface area contributed by atoms with E-state index in [2.05, 4.69) is 5.32 Å². The van der Waals surface area contributed by atoms with Gasteiger partial charge in [-0.05, 0) is 29.8 Å². The molecule has 1 atom stereocenters. The zero-order chi connectivity index (χ0) is 17.7. The first-order chi connectivity index (χ1) is 11.5. The van der Waals surface area contributed by atoms with Crippen molar-refractivity contribution in [3.05, 3.63) is 57.6 Å². The molecule has 0 fully saturated rings. The standard InChI is InChI=1S/C17H17Cl2NO4/c1-23-11-5-3-10(4-6-11)14(21)9-20-17(22)15-12(18)7-8-13(19)16(15)24-2/h3-8,14,21H,9H2,1-2H3,(H,20,22). The van der Waals surface area contributed by atoms with Crippen LogP contribution < -0.4 is 14.8 Å². The van der Waals surface area contributed by atoms with E-state index in [0.29, 0.717) is 11.3 Å². The molecule has 128 valence electrons. The number of carbonyl (C=O) groups is 1. The molecule has 7 heteroatoms. The van der Waals surface area contributed by atoms with E-state index < -0.39 is 12.0 Å². The van der Waals surface area contributed by atoms with Gasteiger partial charge >= 0.3 is 0 Å². The van der Waals surface area contributed by atoms with Gasteiger partial charge in [0.05, 0.1) is 30.4 Å². The first-order valence-electron chi connectivity index (χ1n) is 7.10. The van der Waals surface area contributed by atoms with Gasteiger partial charge in [-0.25, -0.2) is 0 Å². The highest BCUT2D eigenvalue weighted by atomic mass is 35.5. The predicted molar refractivity (Wildman–Crippen MR) is 93.3 cm³/mol. The summed E-state index contributed by atoms with van der Waals surface area (Å²) in [5, 5.41) is 13.3. The lowest BCUT2D eigenvalue weighted by atomic mass is 10.1. The number of hydrogen-bond donors (Lipinski definition) is 2. The lowest BCUT2D eigenvalue weighted by Gasteiger charge is -2.15. The molecule has 5 nitrogen and oxygen atoms in total. The number of methoxy groups -OCH3 is 2. The Kier molecular flexibility index (Phi) is 6.31. The molecule has 2 rings (SSSR count). The third kappa shape index (κ3) is 4.12. The molecular formula is C17H17Cl2NO4. The highest BCUT2D eigenvalue weighted by Gasteiger charge is 2.20. The maximum absolute atomic E-state index is 12.4. The monoisotopic (exact) mass is 369 g/mol. The topological polar surface area (TPSA) is 67.8 Å². The molecule has 0 radical (unpaired) electrons. The fourth-order valence-electron chi connectivity index (χ4n) is 2.17. The van der Waals surface area contributed by atoms with Gasteiger partial charge < -0.3 is 19.9 Å². The van der Waals surface area contributed by atoms with E-state index in [-0.39, 0.29) is 27.9 Å². The molecule has 1 amide bonds. The van der Waals surface area contributed by atoms with Gasteiger partial charge in [-0.1, -0.05) is 35.3 Å². The van der Waals surface area contributed by atoms with Crippen LogP contribution in [0, 0.1) is 0 Å². The molecule has 0 bridgehead atoms. The maximum Gasteiger partial charge on any atom is 0.256 e. The molecule has 0 aliphatic carbocycles. The fraction of sp³-hybridized carbons (Fsp3) is 0.235. The van der Waals surface area contributed by atoms with E-state index in [9.17, 15) is 9.90 Å². The first kappa shape index (κ1) is 18.4. The number of halogens is 2. The minimum Gasteiger partial charge on any atom is -0.497 e. The number of aliphatic hydroxyl groups excluding tert-OH is 1. The van der Waals surface area contributed by atoms with E-state index >= 15 is 0 Å². The second-order valence-electron chi connectivity index (χ2n) is 4.94. The number of ether oxygens (including phenoxy) is 2. The minimum atomic E-state index is -0.871. The average Bonchev–Trinajstić information content (AvgIpc) is 2.61. The Bertz CT molecular complexity index is 719. The lowest BCUT2D eigenvalue weighted by Crippen LogP contribution is -2.29. The van der Waals surface area contributed by atoms with Crippen LogP contribution in [0.15, 0.2) is 36.4 Å². The Morgan fingerprint density at radius 2 is 1.71 bits per heavy atom. The SMILES string of the molecule is COc1ccc(C(O)CNC(=O)c2c(Cl)ccc(Cl)c2OC)cc1. The normalized spacial score (nSPS) is 11.7. The molecular weight excluding hydrogens is 353 g/mol. The first-order valence-corrected chi connectivity index (χ1v) is 7.85. The number of rotatable bonds is 6. The van der Waals surface area contributed by atoms with Crippen LogP contribution in [0.4, 0.5) is 0 Å². The van der Waals surface area contributed by atoms with Gasteiger partial charge in [-0.15, -0.1) is 0 Å². The summed E-state index contributed by atoms with van der Waals surface area (Å²) in [4.78, 5) is 12.4. The van der Waals surface area contributed by atoms with E-state index in [4.69, 9.17) is 32.7 Å². The summed E-state index contributed by atoms with van der Waals surface area (Å²) >= 11 is 12.1. The summed E-state index contributed by atoms with van der Waals surface area (Å²) in [5.41, 5.74) is 0.786. The van der Waals surface area contributed by atoms with Crippen molar-refractivity contribution in [3.8, 4) is 11.5 Å². The van der Waals surface area contributed by atoms with Gasteiger partial charge in [0.1, 0.15) is 11.3 Å². The molecule has 2 aromatic carbocycles. The van der Waals surface area contributed by atoms with E-state index in [0.717, 1.165) is 0 Å². The van der Waals surface area contributed by atoms with Crippen LogP contribution in [0.5, 0.6) is 11.5 Å².